The maximum atomic E-state index is 12.5. The molecule has 1 aliphatic rings. The summed E-state index contributed by atoms with van der Waals surface area (Å²) in [6.45, 7) is 4.21. The minimum atomic E-state index is 0. The zero-order valence-electron chi connectivity index (χ0n) is 12.7. The average molecular weight is 313 g/mol. The molecule has 0 radical (unpaired) electrons. The summed E-state index contributed by atoms with van der Waals surface area (Å²) in [6, 6.07) is 7.81. The molecule has 2 unspecified atom stereocenters. The van der Waals surface area contributed by atoms with E-state index in [0.29, 0.717) is 12.5 Å². The van der Waals surface area contributed by atoms with Crippen molar-refractivity contribution in [3.8, 4) is 0 Å². The van der Waals surface area contributed by atoms with Gasteiger partial charge in [-0.05, 0) is 43.4 Å². The van der Waals surface area contributed by atoms with Crippen LogP contribution >= 0.6 is 12.4 Å². The van der Waals surface area contributed by atoms with Crippen LogP contribution in [0.4, 0.5) is 0 Å². The minimum absolute atomic E-state index is 0. The molecule has 2 rings (SSSR count). The zero-order chi connectivity index (χ0) is 14.5. The van der Waals surface area contributed by atoms with E-state index in [9.17, 15) is 4.79 Å². The Labute approximate surface area is 133 Å². The van der Waals surface area contributed by atoms with Crippen molar-refractivity contribution in [3.63, 3.8) is 0 Å². The molecule has 1 amide bonds. The molecule has 2 N–H and O–H groups in total. The third-order valence-corrected chi connectivity index (χ3v) is 4.00. The van der Waals surface area contributed by atoms with Gasteiger partial charge in [-0.2, -0.15) is 0 Å². The van der Waals surface area contributed by atoms with Crippen molar-refractivity contribution < 1.29 is 9.53 Å². The summed E-state index contributed by atoms with van der Waals surface area (Å²) in [5.41, 5.74) is 7.79. The predicted molar refractivity (Wildman–Crippen MR) is 86.7 cm³/mol. The summed E-state index contributed by atoms with van der Waals surface area (Å²) < 4.78 is 5.08. The number of methoxy groups -OCH3 is 1. The molecule has 0 bridgehead atoms. The highest BCUT2D eigenvalue weighted by Crippen LogP contribution is 2.20. The summed E-state index contributed by atoms with van der Waals surface area (Å²) >= 11 is 0. The number of halogens is 1. The first-order valence-electron chi connectivity index (χ1n) is 7.24. The van der Waals surface area contributed by atoms with Crippen molar-refractivity contribution in [2.45, 2.75) is 32.4 Å². The summed E-state index contributed by atoms with van der Waals surface area (Å²) in [6.07, 6.45) is 2.16. The van der Waals surface area contributed by atoms with Gasteiger partial charge >= 0.3 is 0 Å². The fourth-order valence-corrected chi connectivity index (χ4v) is 2.72. The summed E-state index contributed by atoms with van der Waals surface area (Å²) in [7, 11) is 1.67. The monoisotopic (exact) mass is 312 g/mol. The van der Waals surface area contributed by atoms with Crippen LogP contribution < -0.4 is 5.73 Å². The van der Waals surface area contributed by atoms with Crippen LogP contribution in [0.25, 0.3) is 0 Å². The van der Waals surface area contributed by atoms with E-state index in [1.807, 2.05) is 36.1 Å². The Morgan fingerprint density at radius 3 is 2.67 bits per heavy atom. The van der Waals surface area contributed by atoms with Crippen LogP contribution in [0.3, 0.4) is 0 Å². The van der Waals surface area contributed by atoms with Gasteiger partial charge in [0, 0.05) is 31.8 Å². The standard InChI is InChI=1S/C16H24N2O2.ClH/c1-12(17)15-4-3-9-18(10-15)16(19)14-7-5-13(6-8-14)11-20-2;/h5-8,12,15H,3-4,9-11,17H2,1-2H3;1H. The largest absolute Gasteiger partial charge is 0.380 e. The molecule has 118 valence electrons. The molecule has 0 saturated carbocycles. The fraction of sp³-hybridized carbons (Fsp3) is 0.562. The van der Waals surface area contributed by atoms with Crippen LogP contribution in [-0.4, -0.2) is 37.0 Å². The lowest BCUT2D eigenvalue weighted by Gasteiger charge is -2.34. The van der Waals surface area contributed by atoms with Crippen LogP contribution in [0.15, 0.2) is 24.3 Å². The van der Waals surface area contributed by atoms with E-state index in [2.05, 4.69) is 0 Å². The Balaban J connectivity index is 0.00000220. The number of nitrogens with zero attached hydrogens (tertiary/aromatic N) is 1. The number of piperidine rings is 1. The molecule has 1 fully saturated rings. The minimum Gasteiger partial charge on any atom is -0.380 e. The van der Waals surface area contributed by atoms with Crippen LogP contribution in [-0.2, 0) is 11.3 Å². The van der Waals surface area contributed by atoms with Gasteiger partial charge in [0.2, 0.25) is 0 Å². The molecule has 1 aromatic carbocycles. The lowest BCUT2D eigenvalue weighted by molar-refractivity contribution is 0.0661. The number of rotatable bonds is 4. The smallest absolute Gasteiger partial charge is 0.253 e. The maximum Gasteiger partial charge on any atom is 0.253 e. The van der Waals surface area contributed by atoms with Gasteiger partial charge in [0.25, 0.3) is 5.91 Å². The molecular weight excluding hydrogens is 288 g/mol. The lowest BCUT2D eigenvalue weighted by atomic mass is 9.92. The second kappa shape index (κ2) is 8.37. The van der Waals surface area contributed by atoms with Gasteiger partial charge in [-0.25, -0.2) is 0 Å². The van der Waals surface area contributed by atoms with Crippen LogP contribution in [0.2, 0.25) is 0 Å². The number of amides is 1. The molecule has 0 aliphatic carbocycles. The molecule has 1 aliphatic heterocycles. The van der Waals surface area contributed by atoms with Crippen molar-refractivity contribution in [2.75, 3.05) is 20.2 Å². The molecule has 1 saturated heterocycles. The van der Waals surface area contributed by atoms with E-state index in [1.54, 1.807) is 7.11 Å². The third-order valence-electron chi connectivity index (χ3n) is 4.00. The van der Waals surface area contributed by atoms with E-state index in [4.69, 9.17) is 10.5 Å². The Bertz CT molecular complexity index is 448. The molecule has 2 atom stereocenters. The second-order valence-corrected chi connectivity index (χ2v) is 5.64. The van der Waals surface area contributed by atoms with Crippen molar-refractivity contribution in [2.24, 2.45) is 11.7 Å². The lowest BCUT2D eigenvalue weighted by Crippen LogP contribution is -2.45. The van der Waals surface area contributed by atoms with E-state index in [1.165, 1.54) is 0 Å². The Morgan fingerprint density at radius 2 is 2.10 bits per heavy atom. The number of nitrogens with two attached hydrogens (primary N) is 1. The topological polar surface area (TPSA) is 55.6 Å². The number of hydrogen-bond donors (Lipinski definition) is 1. The number of carbonyl (C=O) groups excluding carboxylic acids is 1. The summed E-state index contributed by atoms with van der Waals surface area (Å²) in [5.74, 6) is 0.528. The van der Waals surface area contributed by atoms with E-state index >= 15 is 0 Å². The van der Waals surface area contributed by atoms with Crippen molar-refractivity contribution in [1.29, 1.82) is 0 Å². The Kier molecular flexibility index (Phi) is 7.15. The van der Waals surface area contributed by atoms with Crippen molar-refractivity contribution >= 4 is 18.3 Å². The molecule has 1 aromatic rings. The number of likely N-dealkylation sites (tertiary alicyclic amines) is 1. The number of ether oxygens (including phenoxy) is 1. The van der Waals surface area contributed by atoms with Gasteiger partial charge < -0.3 is 15.4 Å². The molecule has 0 spiro atoms. The molecule has 4 nitrogen and oxygen atoms in total. The van der Waals surface area contributed by atoms with Gasteiger partial charge in [-0.3, -0.25) is 4.79 Å². The first kappa shape index (κ1) is 18.0. The zero-order valence-corrected chi connectivity index (χ0v) is 13.6. The predicted octanol–water partition coefficient (Wildman–Crippen LogP) is 2.45. The quantitative estimate of drug-likeness (QED) is 0.929. The average Bonchev–Trinajstić information content (AvgIpc) is 2.48. The van der Waals surface area contributed by atoms with E-state index in [-0.39, 0.29) is 24.4 Å². The van der Waals surface area contributed by atoms with Crippen molar-refractivity contribution in [3.05, 3.63) is 35.4 Å². The van der Waals surface area contributed by atoms with Gasteiger partial charge in [0.05, 0.1) is 6.61 Å². The highest BCUT2D eigenvalue weighted by Gasteiger charge is 2.26. The molecule has 0 aromatic heterocycles. The fourth-order valence-electron chi connectivity index (χ4n) is 2.72. The van der Waals surface area contributed by atoms with Gasteiger partial charge in [0.15, 0.2) is 0 Å². The van der Waals surface area contributed by atoms with Gasteiger partial charge in [-0.15, -0.1) is 12.4 Å². The normalized spacial score (nSPS) is 19.8. The highest BCUT2D eigenvalue weighted by molar-refractivity contribution is 5.94. The van der Waals surface area contributed by atoms with E-state index in [0.717, 1.165) is 37.1 Å². The first-order chi connectivity index (χ1) is 9.61. The van der Waals surface area contributed by atoms with Crippen LogP contribution in [0.1, 0.15) is 35.7 Å². The summed E-state index contributed by atoms with van der Waals surface area (Å²) in [5, 5.41) is 0. The number of carbonyl (C=O) groups is 1. The highest BCUT2D eigenvalue weighted by atomic mass is 35.5. The number of benzene rings is 1. The number of hydrogen-bond acceptors (Lipinski definition) is 3. The molecule has 5 heteroatoms. The summed E-state index contributed by atoms with van der Waals surface area (Å²) in [4.78, 5) is 14.4. The SMILES string of the molecule is COCc1ccc(C(=O)N2CCCC(C(C)N)C2)cc1.Cl. The molecule has 1 heterocycles. The van der Waals surface area contributed by atoms with E-state index < -0.39 is 0 Å². The molecule has 21 heavy (non-hydrogen) atoms. The third kappa shape index (κ3) is 4.70. The van der Waals surface area contributed by atoms with Crippen LogP contribution in [0, 0.1) is 5.92 Å². The molecular formula is C16H25ClN2O2. The van der Waals surface area contributed by atoms with Gasteiger partial charge in [-0.1, -0.05) is 12.1 Å². The van der Waals surface area contributed by atoms with Crippen LogP contribution in [0.5, 0.6) is 0 Å². The van der Waals surface area contributed by atoms with Gasteiger partial charge in [0.1, 0.15) is 0 Å². The Hall–Kier alpha value is -1.10. The first-order valence-corrected chi connectivity index (χ1v) is 7.24. The second-order valence-electron chi connectivity index (χ2n) is 5.64. The maximum absolute atomic E-state index is 12.5. The van der Waals surface area contributed by atoms with Crippen molar-refractivity contribution in [1.82, 2.24) is 4.90 Å². The Morgan fingerprint density at radius 1 is 1.43 bits per heavy atom.